The lowest BCUT2D eigenvalue weighted by Crippen LogP contribution is -2.36. The van der Waals surface area contributed by atoms with Gasteiger partial charge in [0.15, 0.2) is 0 Å². The first-order chi connectivity index (χ1) is 9.58. The van der Waals surface area contributed by atoms with Crippen LogP contribution in [0.25, 0.3) is 0 Å². The zero-order valence-corrected chi connectivity index (χ0v) is 12.1. The van der Waals surface area contributed by atoms with E-state index in [4.69, 9.17) is 4.42 Å². The van der Waals surface area contributed by atoms with Crippen LogP contribution in [-0.2, 0) is 11.3 Å². The summed E-state index contributed by atoms with van der Waals surface area (Å²) in [5, 5.41) is 2.94. The predicted octanol–water partition coefficient (Wildman–Crippen LogP) is 2.51. The molecule has 1 heterocycles. The maximum Gasteiger partial charge on any atom is 0.242 e. The van der Waals surface area contributed by atoms with Crippen LogP contribution in [0.2, 0.25) is 0 Å². The first-order valence-corrected chi connectivity index (χ1v) is 6.59. The monoisotopic (exact) mass is 272 g/mol. The average Bonchev–Trinajstić information content (AvgIpc) is 2.89. The van der Waals surface area contributed by atoms with Crippen molar-refractivity contribution in [3.63, 3.8) is 0 Å². The van der Waals surface area contributed by atoms with Crippen LogP contribution in [0.15, 0.2) is 47.3 Å². The lowest BCUT2D eigenvalue weighted by Gasteiger charge is -2.24. The molecule has 1 atom stereocenters. The van der Waals surface area contributed by atoms with Crippen molar-refractivity contribution in [2.75, 3.05) is 14.1 Å². The smallest absolute Gasteiger partial charge is 0.242 e. The molecule has 0 radical (unpaired) electrons. The van der Waals surface area contributed by atoms with E-state index in [1.807, 2.05) is 56.3 Å². The lowest BCUT2D eigenvalue weighted by molar-refractivity contribution is -0.125. The number of aryl methyl sites for hydroxylation is 1. The van der Waals surface area contributed by atoms with Gasteiger partial charge in [0.2, 0.25) is 5.91 Å². The highest BCUT2D eigenvalue weighted by Crippen LogP contribution is 2.19. The first-order valence-electron chi connectivity index (χ1n) is 6.59. The lowest BCUT2D eigenvalue weighted by atomic mass is 10.0. The molecule has 1 amide bonds. The summed E-state index contributed by atoms with van der Waals surface area (Å²) in [7, 11) is 3.81. The number of likely N-dealkylation sites (N-methyl/N-ethyl adjacent to an activating group) is 1. The fourth-order valence-corrected chi connectivity index (χ4v) is 2.20. The standard InChI is InChI=1S/C16H20N2O2/c1-12-5-4-6-14(9-12)15(18(2)3)16(19)17-10-13-7-8-20-11-13/h4-9,11,15H,10H2,1-3H3,(H,17,19)/t15-/m0/s1. The largest absolute Gasteiger partial charge is 0.472 e. The van der Waals surface area contributed by atoms with E-state index in [0.717, 1.165) is 16.7 Å². The molecule has 2 rings (SSSR count). The van der Waals surface area contributed by atoms with Gasteiger partial charge in [-0.1, -0.05) is 29.8 Å². The number of nitrogens with one attached hydrogen (secondary N) is 1. The Morgan fingerprint density at radius 1 is 1.35 bits per heavy atom. The normalized spacial score (nSPS) is 12.4. The Bertz CT molecular complexity index is 562. The van der Waals surface area contributed by atoms with Gasteiger partial charge >= 0.3 is 0 Å². The summed E-state index contributed by atoms with van der Waals surface area (Å²) in [6.07, 6.45) is 3.24. The number of carbonyl (C=O) groups is 1. The minimum atomic E-state index is -0.290. The summed E-state index contributed by atoms with van der Waals surface area (Å²) in [6.45, 7) is 2.51. The van der Waals surface area contributed by atoms with Gasteiger partial charge < -0.3 is 9.73 Å². The van der Waals surface area contributed by atoms with E-state index >= 15 is 0 Å². The molecule has 4 nitrogen and oxygen atoms in total. The summed E-state index contributed by atoms with van der Waals surface area (Å²) in [6, 6.07) is 9.58. The molecule has 0 spiro atoms. The Hall–Kier alpha value is -2.07. The molecule has 106 valence electrons. The molecule has 1 N–H and O–H groups in total. The molecule has 1 aromatic heterocycles. The Labute approximate surface area is 119 Å². The molecule has 0 saturated heterocycles. The number of benzene rings is 1. The van der Waals surface area contributed by atoms with Crippen LogP contribution in [0.3, 0.4) is 0 Å². The summed E-state index contributed by atoms with van der Waals surface area (Å²) < 4.78 is 4.99. The quantitative estimate of drug-likeness (QED) is 0.909. The van der Waals surface area contributed by atoms with Gasteiger partial charge in [-0.3, -0.25) is 9.69 Å². The first kappa shape index (κ1) is 14.3. The number of amides is 1. The van der Waals surface area contributed by atoms with Gasteiger partial charge in [0, 0.05) is 12.1 Å². The van der Waals surface area contributed by atoms with Gasteiger partial charge in [-0.2, -0.15) is 0 Å². The van der Waals surface area contributed by atoms with Crippen LogP contribution in [0, 0.1) is 6.92 Å². The summed E-state index contributed by atoms with van der Waals surface area (Å²) in [4.78, 5) is 14.3. The van der Waals surface area contributed by atoms with E-state index in [9.17, 15) is 4.79 Å². The van der Waals surface area contributed by atoms with Crippen molar-refractivity contribution in [1.82, 2.24) is 10.2 Å². The Kier molecular flexibility index (Phi) is 4.58. The molecule has 0 aliphatic carbocycles. The number of nitrogens with zero attached hydrogens (tertiary/aromatic N) is 1. The van der Waals surface area contributed by atoms with E-state index in [2.05, 4.69) is 5.32 Å². The summed E-state index contributed by atoms with van der Waals surface area (Å²) >= 11 is 0. The molecule has 0 fully saturated rings. The van der Waals surface area contributed by atoms with Crippen LogP contribution < -0.4 is 5.32 Å². The second-order valence-electron chi connectivity index (χ2n) is 5.13. The van der Waals surface area contributed by atoms with Gasteiger partial charge in [-0.05, 0) is 32.6 Å². The molecular weight excluding hydrogens is 252 g/mol. The van der Waals surface area contributed by atoms with Crippen LogP contribution >= 0.6 is 0 Å². The molecule has 0 aliphatic rings. The fraction of sp³-hybridized carbons (Fsp3) is 0.312. The van der Waals surface area contributed by atoms with E-state index in [0.29, 0.717) is 6.54 Å². The van der Waals surface area contributed by atoms with Crippen molar-refractivity contribution in [3.05, 3.63) is 59.5 Å². The number of hydrogen-bond acceptors (Lipinski definition) is 3. The summed E-state index contributed by atoms with van der Waals surface area (Å²) in [5.41, 5.74) is 3.11. The highest BCUT2D eigenvalue weighted by atomic mass is 16.3. The minimum absolute atomic E-state index is 0.0122. The molecule has 4 heteroatoms. The van der Waals surface area contributed by atoms with E-state index in [-0.39, 0.29) is 11.9 Å². The fourth-order valence-electron chi connectivity index (χ4n) is 2.20. The highest BCUT2D eigenvalue weighted by molar-refractivity contribution is 5.83. The topological polar surface area (TPSA) is 45.5 Å². The highest BCUT2D eigenvalue weighted by Gasteiger charge is 2.22. The molecule has 0 bridgehead atoms. The Balaban J connectivity index is 2.10. The zero-order valence-electron chi connectivity index (χ0n) is 12.1. The second kappa shape index (κ2) is 6.39. The molecule has 1 aromatic carbocycles. The third kappa shape index (κ3) is 3.48. The van der Waals surface area contributed by atoms with Crippen molar-refractivity contribution < 1.29 is 9.21 Å². The molecular formula is C16H20N2O2. The van der Waals surface area contributed by atoms with Gasteiger partial charge in [0.05, 0.1) is 12.5 Å². The van der Waals surface area contributed by atoms with Crippen LogP contribution in [0.5, 0.6) is 0 Å². The van der Waals surface area contributed by atoms with E-state index in [1.165, 1.54) is 0 Å². The third-order valence-corrected chi connectivity index (χ3v) is 3.17. The summed E-state index contributed by atoms with van der Waals surface area (Å²) in [5.74, 6) is -0.0122. The second-order valence-corrected chi connectivity index (χ2v) is 5.13. The van der Waals surface area contributed by atoms with Crippen LogP contribution in [0.4, 0.5) is 0 Å². The maximum absolute atomic E-state index is 12.4. The van der Waals surface area contributed by atoms with Gasteiger partial charge in [0.25, 0.3) is 0 Å². The molecule has 0 saturated carbocycles. The Morgan fingerprint density at radius 2 is 2.15 bits per heavy atom. The maximum atomic E-state index is 12.4. The van der Waals surface area contributed by atoms with Crippen molar-refractivity contribution >= 4 is 5.91 Å². The average molecular weight is 272 g/mol. The van der Waals surface area contributed by atoms with Gasteiger partial charge in [-0.15, -0.1) is 0 Å². The molecule has 20 heavy (non-hydrogen) atoms. The predicted molar refractivity (Wildman–Crippen MR) is 78.2 cm³/mol. The van der Waals surface area contributed by atoms with Crippen LogP contribution in [0.1, 0.15) is 22.7 Å². The Morgan fingerprint density at radius 3 is 2.75 bits per heavy atom. The molecule has 0 aliphatic heterocycles. The zero-order chi connectivity index (χ0) is 14.5. The van der Waals surface area contributed by atoms with Gasteiger partial charge in [0.1, 0.15) is 6.04 Å². The van der Waals surface area contributed by atoms with E-state index in [1.54, 1.807) is 12.5 Å². The minimum Gasteiger partial charge on any atom is -0.472 e. The van der Waals surface area contributed by atoms with Crippen molar-refractivity contribution in [1.29, 1.82) is 0 Å². The number of furan rings is 1. The third-order valence-electron chi connectivity index (χ3n) is 3.17. The SMILES string of the molecule is Cc1cccc([C@@H](C(=O)NCc2ccoc2)N(C)C)c1. The number of rotatable bonds is 5. The molecule has 0 unspecified atom stereocenters. The molecule has 2 aromatic rings. The van der Waals surface area contributed by atoms with Crippen molar-refractivity contribution in [2.45, 2.75) is 19.5 Å². The van der Waals surface area contributed by atoms with Crippen LogP contribution in [-0.4, -0.2) is 24.9 Å². The van der Waals surface area contributed by atoms with Gasteiger partial charge in [-0.25, -0.2) is 0 Å². The number of carbonyl (C=O) groups excluding carboxylic acids is 1. The number of hydrogen-bond donors (Lipinski definition) is 1. The van der Waals surface area contributed by atoms with E-state index < -0.39 is 0 Å². The van der Waals surface area contributed by atoms with Crippen molar-refractivity contribution in [2.24, 2.45) is 0 Å². The van der Waals surface area contributed by atoms with Crippen molar-refractivity contribution in [3.8, 4) is 0 Å².